The van der Waals surface area contributed by atoms with Crippen LogP contribution in [-0.4, -0.2) is 6.61 Å². The van der Waals surface area contributed by atoms with Gasteiger partial charge in [-0.3, -0.25) is 0 Å². The maximum Gasteiger partial charge on any atom is 0.163 e. The van der Waals surface area contributed by atoms with Crippen LogP contribution in [0.4, 0.5) is 8.78 Å². The maximum absolute atomic E-state index is 13.6. The van der Waals surface area contributed by atoms with Gasteiger partial charge in [0.2, 0.25) is 0 Å². The molecule has 0 aromatic heterocycles. The highest BCUT2D eigenvalue weighted by Gasteiger charge is 2.14. The van der Waals surface area contributed by atoms with Gasteiger partial charge in [0.25, 0.3) is 0 Å². The van der Waals surface area contributed by atoms with E-state index in [4.69, 9.17) is 10.5 Å². The monoisotopic (exact) mass is 277 g/mol. The number of ether oxygens (including phenoxy) is 1. The van der Waals surface area contributed by atoms with Gasteiger partial charge in [-0.2, -0.15) is 0 Å². The zero-order valence-electron chi connectivity index (χ0n) is 11.3. The highest BCUT2D eigenvalue weighted by Crippen LogP contribution is 2.20. The Balaban J connectivity index is 1.92. The minimum absolute atomic E-state index is 0.179. The molecule has 0 saturated heterocycles. The molecule has 0 radical (unpaired) electrons. The largest absolute Gasteiger partial charge is 0.494 e. The molecule has 0 bridgehead atoms. The quantitative estimate of drug-likeness (QED) is 0.903. The Labute approximate surface area is 117 Å². The normalized spacial score (nSPS) is 12.2. The van der Waals surface area contributed by atoms with Gasteiger partial charge in [0.15, 0.2) is 11.6 Å². The molecule has 2 rings (SSSR count). The van der Waals surface area contributed by atoms with E-state index in [9.17, 15) is 8.78 Å². The van der Waals surface area contributed by atoms with Crippen molar-refractivity contribution in [2.75, 3.05) is 6.61 Å². The molecule has 4 heteroatoms. The van der Waals surface area contributed by atoms with Crippen molar-refractivity contribution in [2.24, 2.45) is 5.73 Å². The summed E-state index contributed by atoms with van der Waals surface area (Å²) in [4.78, 5) is 0. The van der Waals surface area contributed by atoms with Gasteiger partial charge in [-0.1, -0.05) is 24.3 Å². The first-order chi connectivity index (χ1) is 9.58. The molecule has 0 aliphatic carbocycles. The van der Waals surface area contributed by atoms with Crippen molar-refractivity contribution >= 4 is 0 Å². The third kappa shape index (κ3) is 3.54. The lowest BCUT2D eigenvalue weighted by Crippen LogP contribution is -2.16. The average Bonchev–Trinajstić information content (AvgIpc) is 2.42. The van der Waals surface area contributed by atoms with Gasteiger partial charge in [0.1, 0.15) is 5.75 Å². The van der Waals surface area contributed by atoms with E-state index in [0.29, 0.717) is 13.0 Å². The van der Waals surface area contributed by atoms with E-state index in [-0.39, 0.29) is 5.56 Å². The molecule has 0 heterocycles. The maximum atomic E-state index is 13.6. The lowest BCUT2D eigenvalue weighted by atomic mass is 10.0. The SMILES string of the molecule is Cc1cccc(OCCC(N)c2cccc(F)c2F)c1. The second-order valence-electron chi connectivity index (χ2n) is 4.70. The molecule has 0 aliphatic rings. The molecule has 2 aromatic rings. The van der Waals surface area contributed by atoms with Crippen LogP contribution in [0.5, 0.6) is 5.75 Å². The number of benzene rings is 2. The number of hydrogen-bond acceptors (Lipinski definition) is 2. The Kier molecular flexibility index (Phi) is 4.69. The number of hydrogen-bond donors (Lipinski definition) is 1. The van der Waals surface area contributed by atoms with Gasteiger partial charge in [0.05, 0.1) is 6.61 Å². The first kappa shape index (κ1) is 14.5. The molecule has 1 unspecified atom stereocenters. The van der Waals surface area contributed by atoms with Crippen LogP contribution in [0.25, 0.3) is 0 Å². The fraction of sp³-hybridized carbons (Fsp3) is 0.250. The van der Waals surface area contributed by atoms with Crippen molar-refractivity contribution in [3.05, 3.63) is 65.2 Å². The fourth-order valence-corrected chi connectivity index (χ4v) is 1.97. The van der Waals surface area contributed by atoms with E-state index in [1.54, 1.807) is 0 Å². The van der Waals surface area contributed by atoms with Crippen molar-refractivity contribution in [1.29, 1.82) is 0 Å². The molecule has 0 aliphatic heterocycles. The first-order valence-electron chi connectivity index (χ1n) is 6.47. The number of nitrogens with two attached hydrogens (primary N) is 1. The van der Waals surface area contributed by atoms with Gasteiger partial charge in [-0.05, 0) is 30.7 Å². The summed E-state index contributed by atoms with van der Waals surface area (Å²) < 4.78 is 32.2. The van der Waals surface area contributed by atoms with Crippen LogP contribution in [0, 0.1) is 18.6 Å². The van der Waals surface area contributed by atoms with Crippen molar-refractivity contribution < 1.29 is 13.5 Å². The third-order valence-corrected chi connectivity index (χ3v) is 3.07. The van der Waals surface area contributed by atoms with Crippen LogP contribution in [-0.2, 0) is 0 Å². The zero-order chi connectivity index (χ0) is 14.5. The second kappa shape index (κ2) is 6.48. The van der Waals surface area contributed by atoms with E-state index >= 15 is 0 Å². The second-order valence-corrected chi connectivity index (χ2v) is 4.70. The molecule has 0 fully saturated rings. The van der Waals surface area contributed by atoms with Gasteiger partial charge in [-0.15, -0.1) is 0 Å². The topological polar surface area (TPSA) is 35.2 Å². The summed E-state index contributed by atoms with van der Waals surface area (Å²) in [6.45, 7) is 2.32. The molecule has 106 valence electrons. The molecule has 1 atom stereocenters. The van der Waals surface area contributed by atoms with E-state index in [1.807, 2.05) is 31.2 Å². The smallest absolute Gasteiger partial charge is 0.163 e. The van der Waals surface area contributed by atoms with Crippen molar-refractivity contribution in [1.82, 2.24) is 0 Å². The summed E-state index contributed by atoms with van der Waals surface area (Å²) in [5, 5.41) is 0. The zero-order valence-corrected chi connectivity index (χ0v) is 11.3. The Hall–Kier alpha value is -1.94. The van der Waals surface area contributed by atoms with Crippen LogP contribution >= 0.6 is 0 Å². The molecule has 2 N–H and O–H groups in total. The molecule has 20 heavy (non-hydrogen) atoms. The minimum Gasteiger partial charge on any atom is -0.494 e. The van der Waals surface area contributed by atoms with Crippen molar-refractivity contribution in [3.63, 3.8) is 0 Å². The lowest BCUT2D eigenvalue weighted by molar-refractivity contribution is 0.296. The Bertz CT molecular complexity index is 586. The van der Waals surface area contributed by atoms with Crippen LogP contribution in [0.15, 0.2) is 42.5 Å². The Morgan fingerprint density at radius 2 is 1.90 bits per heavy atom. The summed E-state index contributed by atoms with van der Waals surface area (Å²) in [6.07, 6.45) is 0.411. The number of rotatable bonds is 5. The van der Waals surface area contributed by atoms with Crippen LogP contribution < -0.4 is 10.5 Å². The molecule has 0 saturated carbocycles. The Morgan fingerprint density at radius 3 is 2.65 bits per heavy atom. The van der Waals surface area contributed by atoms with E-state index < -0.39 is 17.7 Å². The van der Waals surface area contributed by atoms with Gasteiger partial charge >= 0.3 is 0 Å². The van der Waals surface area contributed by atoms with E-state index in [2.05, 4.69) is 0 Å². The minimum atomic E-state index is -0.879. The highest BCUT2D eigenvalue weighted by molar-refractivity contribution is 5.27. The predicted octanol–water partition coefficient (Wildman–Crippen LogP) is 3.74. The van der Waals surface area contributed by atoms with E-state index in [1.165, 1.54) is 12.1 Å². The highest BCUT2D eigenvalue weighted by atomic mass is 19.2. The first-order valence-corrected chi connectivity index (χ1v) is 6.47. The Morgan fingerprint density at radius 1 is 1.15 bits per heavy atom. The summed E-state index contributed by atoms with van der Waals surface area (Å²) >= 11 is 0. The number of aryl methyl sites for hydroxylation is 1. The summed E-state index contributed by atoms with van der Waals surface area (Å²) in [5.41, 5.74) is 7.15. The molecule has 2 nitrogen and oxygen atoms in total. The molecular weight excluding hydrogens is 260 g/mol. The molecule has 0 spiro atoms. The number of halogens is 2. The molecular formula is C16H17F2NO. The van der Waals surface area contributed by atoms with Crippen LogP contribution in [0.2, 0.25) is 0 Å². The van der Waals surface area contributed by atoms with Crippen LogP contribution in [0.1, 0.15) is 23.6 Å². The third-order valence-electron chi connectivity index (χ3n) is 3.07. The van der Waals surface area contributed by atoms with Gasteiger partial charge in [-0.25, -0.2) is 8.78 Å². The van der Waals surface area contributed by atoms with E-state index in [0.717, 1.165) is 17.4 Å². The summed E-state index contributed by atoms with van der Waals surface area (Å²) in [6, 6.07) is 11.1. The summed E-state index contributed by atoms with van der Waals surface area (Å²) in [7, 11) is 0. The van der Waals surface area contributed by atoms with Gasteiger partial charge in [0, 0.05) is 18.0 Å². The van der Waals surface area contributed by atoms with Crippen molar-refractivity contribution in [3.8, 4) is 5.75 Å². The standard InChI is InChI=1S/C16H17F2NO/c1-11-4-2-5-12(10-11)20-9-8-15(19)13-6-3-7-14(17)16(13)18/h2-7,10,15H,8-9,19H2,1H3. The molecule has 0 amide bonds. The summed E-state index contributed by atoms with van der Waals surface area (Å²) in [5.74, 6) is -1.01. The van der Waals surface area contributed by atoms with Crippen LogP contribution in [0.3, 0.4) is 0 Å². The predicted molar refractivity (Wildman–Crippen MR) is 74.6 cm³/mol. The fourth-order valence-electron chi connectivity index (χ4n) is 1.97. The van der Waals surface area contributed by atoms with Gasteiger partial charge < -0.3 is 10.5 Å². The average molecular weight is 277 g/mol. The van der Waals surface area contributed by atoms with Crippen molar-refractivity contribution in [2.45, 2.75) is 19.4 Å². The molecule has 2 aromatic carbocycles. The lowest BCUT2D eigenvalue weighted by Gasteiger charge is -2.14.